The van der Waals surface area contributed by atoms with Crippen molar-refractivity contribution in [1.29, 1.82) is 0 Å². The van der Waals surface area contributed by atoms with Crippen LogP contribution in [-0.4, -0.2) is 41.2 Å². The fourth-order valence-electron chi connectivity index (χ4n) is 5.72. The molecule has 0 spiro atoms. The zero-order chi connectivity index (χ0) is 27.0. The summed E-state index contributed by atoms with van der Waals surface area (Å²) in [5, 5.41) is 19.1. The van der Waals surface area contributed by atoms with Crippen LogP contribution in [0.1, 0.15) is 76.1 Å². The Labute approximate surface area is 230 Å². The van der Waals surface area contributed by atoms with Gasteiger partial charge in [-0.25, -0.2) is 9.67 Å². The zero-order valence-corrected chi connectivity index (χ0v) is 22.9. The van der Waals surface area contributed by atoms with Gasteiger partial charge in [-0.15, -0.1) is 10.2 Å². The number of hydrogen-bond donors (Lipinski definition) is 1. The minimum absolute atomic E-state index is 0.241. The van der Waals surface area contributed by atoms with Crippen LogP contribution >= 0.6 is 0 Å². The summed E-state index contributed by atoms with van der Waals surface area (Å²) in [6.07, 6.45) is 11.9. The van der Waals surface area contributed by atoms with Crippen LogP contribution in [0.4, 0.5) is 0 Å². The van der Waals surface area contributed by atoms with Crippen LogP contribution in [-0.2, 0) is 11.2 Å². The van der Waals surface area contributed by atoms with Crippen LogP contribution in [0.25, 0.3) is 28.2 Å². The molecule has 8 heteroatoms. The second kappa shape index (κ2) is 12.7. The van der Waals surface area contributed by atoms with Gasteiger partial charge >= 0.3 is 0 Å². The Bertz CT molecular complexity index is 1400. The molecule has 1 saturated carbocycles. The van der Waals surface area contributed by atoms with E-state index in [1.54, 1.807) is 6.33 Å². The lowest BCUT2D eigenvalue weighted by Gasteiger charge is -2.22. The van der Waals surface area contributed by atoms with Gasteiger partial charge in [0.15, 0.2) is 5.78 Å². The number of Topliss-reactive ketones (excluding diaryl/α,β-unsaturated/α-hetero) is 1. The number of nitrogens with zero attached hydrogens (tertiary/aromatic N) is 6. The molecule has 39 heavy (non-hydrogen) atoms. The Morgan fingerprint density at radius 2 is 1.77 bits per heavy atom. The van der Waals surface area contributed by atoms with Gasteiger partial charge in [0.05, 0.1) is 5.70 Å². The molecule has 4 aromatic rings. The fourth-order valence-corrected chi connectivity index (χ4v) is 5.72. The number of aromatic amines is 1. The van der Waals surface area contributed by atoms with Crippen molar-refractivity contribution in [3.8, 4) is 22.5 Å². The maximum atomic E-state index is 13.8. The predicted molar refractivity (Wildman–Crippen MR) is 152 cm³/mol. The molecule has 1 aliphatic rings. The summed E-state index contributed by atoms with van der Waals surface area (Å²) in [4.78, 5) is 18.2. The molecule has 0 saturated heterocycles. The Morgan fingerprint density at radius 3 is 2.44 bits per heavy atom. The van der Waals surface area contributed by atoms with Crippen molar-refractivity contribution in [2.45, 2.75) is 78.1 Å². The molecule has 8 nitrogen and oxygen atoms in total. The maximum absolute atomic E-state index is 13.8. The molecule has 202 valence electrons. The third kappa shape index (κ3) is 6.38. The van der Waals surface area contributed by atoms with E-state index in [0.29, 0.717) is 24.6 Å². The number of aromatic nitrogens is 7. The van der Waals surface area contributed by atoms with Crippen LogP contribution < -0.4 is 0 Å². The van der Waals surface area contributed by atoms with Gasteiger partial charge in [0.25, 0.3) is 0 Å². The predicted octanol–water partition coefficient (Wildman–Crippen LogP) is 6.62. The summed E-state index contributed by atoms with van der Waals surface area (Å²) in [7, 11) is 0. The largest absolute Gasteiger partial charge is 0.294 e. The summed E-state index contributed by atoms with van der Waals surface area (Å²) in [5.74, 6) is 2.29. The van der Waals surface area contributed by atoms with Crippen LogP contribution in [0.2, 0.25) is 0 Å². The fraction of sp³-hybridized carbons (Fsp3) is 0.419. The van der Waals surface area contributed by atoms with Gasteiger partial charge < -0.3 is 0 Å². The highest BCUT2D eigenvalue weighted by atomic mass is 16.1. The van der Waals surface area contributed by atoms with Crippen molar-refractivity contribution in [1.82, 2.24) is 35.4 Å². The first-order valence-corrected chi connectivity index (χ1v) is 14.2. The van der Waals surface area contributed by atoms with Gasteiger partial charge in [0.2, 0.25) is 5.82 Å². The molecule has 0 unspecified atom stereocenters. The van der Waals surface area contributed by atoms with Gasteiger partial charge in [-0.2, -0.15) is 10.3 Å². The van der Waals surface area contributed by atoms with Crippen molar-refractivity contribution in [3.05, 3.63) is 71.8 Å². The van der Waals surface area contributed by atoms with E-state index in [1.807, 2.05) is 29.8 Å². The molecular formula is C31H37N7O. The SMILES string of the molecule is CCC/C(=C(\Cc1ccc(-c2ccccc2-c2nn[nH]n2)cc1)C(=O)CCC1CCCCC1)n1ncnc1C. The Balaban J connectivity index is 1.44. The molecular weight excluding hydrogens is 486 g/mol. The van der Waals surface area contributed by atoms with Gasteiger partial charge in [-0.1, -0.05) is 94.0 Å². The number of hydrogen-bond acceptors (Lipinski definition) is 6. The third-order valence-corrected chi connectivity index (χ3v) is 7.81. The van der Waals surface area contributed by atoms with Crippen LogP contribution in [0, 0.1) is 12.8 Å². The molecule has 0 radical (unpaired) electrons. The van der Waals surface area contributed by atoms with E-state index in [1.165, 1.54) is 32.1 Å². The average molecular weight is 524 g/mol. The van der Waals surface area contributed by atoms with Crippen LogP contribution in [0.5, 0.6) is 0 Å². The van der Waals surface area contributed by atoms with Crippen molar-refractivity contribution >= 4 is 11.5 Å². The molecule has 0 aliphatic heterocycles. The van der Waals surface area contributed by atoms with Crippen LogP contribution in [0.15, 0.2) is 60.4 Å². The summed E-state index contributed by atoms with van der Waals surface area (Å²) in [5.41, 5.74) is 5.96. The molecule has 0 amide bonds. The number of ketones is 1. The summed E-state index contributed by atoms with van der Waals surface area (Å²) in [6.45, 7) is 4.09. The van der Waals surface area contributed by atoms with Crippen molar-refractivity contribution in [2.75, 3.05) is 0 Å². The van der Waals surface area contributed by atoms with E-state index < -0.39 is 0 Å². The summed E-state index contributed by atoms with van der Waals surface area (Å²) in [6, 6.07) is 16.5. The highest BCUT2D eigenvalue weighted by molar-refractivity contribution is 6.00. The second-order valence-corrected chi connectivity index (χ2v) is 10.5. The molecule has 0 atom stereocenters. The highest BCUT2D eigenvalue weighted by Gasteiger charge is 2.22. The molecule has 2 aromatic heterocycles. The molecule has 2 aromatic carbocycles. The zero-order valence-electron chi connectivity index (χ0n) is 22.9. The molecule has 1 fully saturated rings. The van der Waals surface area contributed by atoms with E-state index in [9.17, 15) is 4.79 Å². The highest BCUT2D eigenvalue weighted by Crippen LogP contribution is 2.32. The number of aryl methyl sites for hydroxylation is 1. The summed E-state index contributed by atoms with van der Waals surface area (Å²) < 4.78 is 1.87. The van der Waals surface area contributed by atoms with Crippen molar-refractivity contribution < 1.29 is 4.79 Å². The van der Waals surface area contributed by atoms with Crippen molar-refractivity contribution in [2.24, 2.45) is 5.92 Å². The lowest BCUT2D eigenvalue weighted by atomic mass is 9.84. The minimum Gasteiger partial charge on any atom is -0.294 e. The van der Waals surface area contributed by atoms with Crippen LogP contribution in [0.3, 0.4) is 0 Å². The first-order valence-electron chi connectivity index (χ1n) is 14.2. The number of rotatable bonds is 11. The Kier molecular flexibility index (Phi) is 8.71. The van der Waals surface area contributed by atoms with Crippen molar-refractivity contribution in [3.63, 3.8) is 0 Å². The van der Waals surface area contributed by atoms with E-state index >= 15 is 0 Å². The van der Waals surface area contributed by atoms with E-state index in [-0.39, 0.29) is 5.78 Å². The second-order valence-electron chi connectivity index (χ2n) is 10.5. The molecule has 2 heterocycles. The number of allylic oxidation sites excluding steroid dienone is 2. The number of tetrazole rings is 1. The standard InChI is InChI=1S/C31H37N7O/c1-3-9-29(38-22(2)32-21-33-38)28(30(39)19-16-23-10-5-4-6-11-23)20-24-14-17-25(18-15-24)26-12-7-8-13-27(26)31-34-36-37-35-31/h7-8,12-15,17-18,21,23H,3-6,9-11,16,19-20H2,1-2H3,(H,34,35,36,37)/b29-28-. The van der Waals surface area contributed by atoms with E-state index in [4.69, 9.17) is 0 Å². The smallest absolute Gasteiger partial charge is 0.205 e. The monoisotopic (exact) mass is 523 g/mol. The quantitative estimate of drug-likeness (QED) is 0.222. The van der Waals surface area contributed by atoms with E-state index in [2.05, 4.69) is 68.0 Å². The first kappa shape index (κ1) is 26.7. The normalized spacial score (nSPS) is 14.8. The number of carbonyl (C=O) groups is 1. The van der Waals surface area contributed by atoms with Gasteiger partial charge in [-0.3, -0.25) is 4.79 Å². The molecule has 1 aliphatic carbocycles. The third-order valence-electron chi connectivity index (χ3n) is 7.81. The Hall–Kier alpha value is -3.94. The molecule has 1 N–H and O–H groups in total. The maximum Gasteiger partial charge on any atom is 0.205 e. The lowest BCUT2D eigenvalue weighted by molar-refractivity contribution is -0.116. The summed E-state index contributed by atoms with van der Waals surface area (Å²) >= 11 is 0. The Morgan fingerprint density at radius 1 is 1.00 bits per heavy atom. The van der Waals surface area contributed by atoms with E-state index in [0.717, 1.165) is 58.6 Å². The number of carbonyl (C=O) groups excluding carboxylic acids is 1. The average Bonchev–Trinajstić information content (AvgIpc) is 3.67. The molecule has 5 rings (SSSR count). The molecule has 0 bridgehead atoms. The number of benzene rings is 2. The minimum atomic E-state index is 0.241. The number of H-pyrrole nitrogens is 1. The number of nitrogens with one attached hydrogen (secondary N) is 1. The topological polar surface area (TPSA) is 102 Å². The van der Waals surface area contributed by atoms with Gasteiger partial charge in [0.1, 0.15) is 12.2 Å². The van der Waals surface area contributed by atoms with Gasteiger partial charge in [0, 0.05) is 24.0 Å². The lowest BCUT2D eigenvalue weighted by Crippen LogP contribution is -2.16. The van der Waals surface area contributed by atoms with Gasteiger partial charge in [-0.05, 0) is 47.6 Å². The first-order chi connectivity index (χ1) is 19.1.